The molecular weight excluding hydrogens is 602 g/mol. The Morgan fingerprint density at radius 3 is 2.44 bits per heavy atom. The molecule has 9 nitrogen and oxygen atoms in total. The number of methoxy groups -OCH3 is 1. The average Bonchev–Trinajstić information content (AvgIpc) is 2.97. The van der Waals surface area contributed by atoms with E-state index in [2.05, 4.69) is 26.6 Å². The topological polar surface area (TPSA) is 93.2 Å². The number of fused-ring (bicyclic) bond motifs is 1. The highest BCUT2D eigenvalue weighted by atomic mass is 35.5. The zero-order valence-corrected chi connectivity index (χ0v) is 25.2. The van der Waals surface area contributed by atoms with E-state index in [4.69, 9.17) is 25.8 Å². The minimum atomic E-state index is -4.34. The van der Waals surface area contributed by atoms with E-state index in [1.165, 1.54) is 31.5 Å². The summed E-state index contributed by atoms with van der Waals surface area (Å²) >= 11 is 5.71. The summed E-state index contributed by atoms with van der Waals surface area (Å²) in [7, 11) is -0.674. The van der Waals surface area contributed by atoms with E-state index in [9.17, 15) is 12.8 Å². The fraction of sp³-hybridized carbons (Fsp3) is 0.300. The van der Waals surface area contributed by atoms with E-state index >= 15 is 4.39 Å². The van der Waals surface area contributed by atoms with Gasteiger partial charge in [0.1, 0.15) is 16.5 Å². The van der Waals surface area contributed by atoms with Crippen molar-refractivity contribution in [2.24, 2.45) is 0 Å². The Labute approximate surface area is 254 Å². The van der Waals surface area contributed by atoms with Crippen molar-refractivity contribution in [2.45, 2.75) is 11.3 Å². The molecule has 0 saturated carbocycles. The van der Waals surface area contributed by atoms with Crippen LogP contribution in [0.2, 0.25) is 5.02 Å². The fourth-order valence-corrected chi connectivity index (χ4v) is 5.97. The van der Waals surface area contributed by atoms with Crippen LogP contribution in [0.4, 0.5) is 14.5 Å². The maximum Gasteiger partial charge on any atom is 0.264 e. The van der Waals surface area contributed by atoms with Gasteiger partial charge in [-0.3, -0.25) is 9.71 Å². The number of halogens is 3. The first kappa shape index (κ1) is 30.7. The zero-order chi connectivity index (χ0) is 30.6. The van der Waals surface area contributed by atoms with Gasteiger partial charge in [-0.2, -0.15) is 0 Å². The van der Waals surface area contributed by atoms with Crippen LogP contribution >= 0.6 is 11.6 Å². The highest BCUT2D eigenvalue weighted by Crippen LogP contribution is 2.38. The number of nitrogens with zero attached hydrogens (tertiary/aromatic N) is 3. The van der Waals surface area contributed by atoms with E-state index in [1.54, 1.807) is 18.2 Å². The van der Waals surface area contributed by atoms with Gasteiger partial charge in [-0.25, -0.2) is 17.2 Å². The van der Waals surface area contributed by atoms with Crippen LogP contribution in [0.5, 0.6) is 23.0 Å². The molecule has 1 aromatic heterocycles. The largest absolute Gasteiger partial charge is 0.493 e. The van der Waals surface area contributed by atoms with Crippen molar-refractivity contribution in [3.8, 4) is 23.0 Å². The smallest absolute Gasteiger partial charge is 0.264 e. The summed E-state index contributed by atoms with van der Waals surface area (Å²) in [6, 6.07) is 11.7. The monoisotopic (exact) mass is 632 g/mol. The Bertz CT molecular complexity index is 1720. The number of anilines is 1. The molecule has 2 heterocycles. The first-order valence-corrected chi connectivity index (χ1v) is 15.4. The SMILES string of the molecule is COc1cc2c(Oc3ccc(NS(=O)(=O)c4ccc(Cl)cc4F)cc3F)ccnc2cc1OCCCN1CCN(C)CC1. The van der Waals surface area contributed by atoms with Gasteiger partial charge in [-0.15, -0.1) is 0 Å². The van der Waals surface area contributed by atoms with Gasteiger partial charge in [0.15, 0.2) is 23.1 Å². The van der Waals surface area contributed by atoms with Gasteiger partial charge in [-0.1, -0.05) is 11.6 Å². The van der Waals surface area contributed by atoms with E-state index in [-0.39, 0.29) is 16.5 Å². The second kappa shape index (κ2) is 13.3. The van der Waals surface area contributed by atoms with E-state index in [1.807, 2.05) is 0 Å². The molecule has 1 saturated heterocycles. The molecule has 0 unspecified atom stereocenters. The molecule has 0 aliphatic carbocycles. The number of hydrogen-bond acceptors (Lipinski definition) is 8. The lowest BCUT2D eigenvalue weighted by atomic mass is 10.1. The number of benzene rings is 3. The van der Waals surface area contributed by atoms with Gasteiger partial charge in [0.05, 0.1) is 24.9 Å². The molecule has 0 atom stereocenters. The summed E-state index contributed by atoms with van der Waals surface area (Å²) in [5.41, 5.74) is 0.442. The molecule has 43 heavy (non-hydrogen) atoms. The number of nitrogens with one attached hydrogen (secondary N) is 1. The van der Waals surface area contributed by atoms with Gasteiger partial charge in [0.25, 0.3) is 10.0 Å². The third kappa shape index (κ3) is 7.45. The number of rotatable bonds is 11. The number of pyridine rings is 1. The molecule has 1 N–H and O–H groups in total. The molecular formula is C30H31ClF2N4O5S. The Balaban J connectivity index is 1.28. The van der Waals surface area contributed by atoms with Crippen molar-refractivity contribution in [1.82, 2.24) is 14.8 Å². The Morgan fingerprint density at radius 1 is 0.930 bits per heavy atom. The number of sulfonamides is 1. The fourth-order valence-electron chi connectivity index (χ4n) is 4.70. The van der Waals surface area contributed by atoms with E-state index < -0.39 is 26.6 Å². The Kier molecular flexibility index (Phi) is 9.50. The number of ether oxygens (including phenoxy) is 3. The summed E-state index contributed by atoms with van der Waals surface area (Å²) < 4.78 is 74.1. The zero-order valence-electron chi connectivity index (χ0n) is 23.6. The molecule has 1 fully saturated rings. The number of piperazine rings is 1. The Morgan fingerprint density at radius 2 is 1.72 bits per heavy atom. The standard InChI is InChI=1S/C30H31ClF2N4O5S/c1-36-11-13-37(14-12-36)10-3-15-41-29-19-25-22(18-28(29)40-2)26(8-9-34-25)42-27-6-5-21(17-23(27)32)35-43(38,39)30-7-4-20(31)16-24(30)33/h4-9,16-19,35H,3,10-15H2,1-2H3. The van der Waals surface area contributed by atoms with Crippen molar-refractivity contribution in [1.29, 1.82) is 0 Å². The summed E-state index contributed by atoms with van der Waals surface area (Å²) in [5.74, 6) is -0.701. The normalized spacial score (nSPS) is 14.5. The molecule has 228 valence electrons. The second-order valence-corrected chi connectivity index (χ2v) is 12.2. The average molecular weight is 633 g/mol. The van der Waals surface area contributed by atoms with Crippen molar-refractivity contribution in [3.05, 3.63) is 77.5 Å². The van der Waals surface area contributed by atoms with Crippen molar-refractivity contribution >= 4 is 38.2 Å². The van der Waals surface area contributed by atoms with Crippen LogP contribution in [0.1, 0.15) is 6.42 Å². The lowest BCUT2D eigenvalue weighted by Gasteiger charge is -2.32. The maximum atomic E-state index is 15.1. The van der Waals surface area contributed by atoms with Gasteiger partial charge >= 0.3 is 0 Å². The molecule has 0 spiro atoms. The first-order chi connectivity index (χ1) is 20.6. The molecule has 0 bridgehead atoms. The van der Waals surface area contributed by atoms with E-state index in [0.29, 0.717) is 34.8 Å². The predicted octanol–water partition coefficient (Wildman–Crippen LogP) is 5.78. The van der Waals surface area contributed by atoms with Crippen LogP contribution < -0.4 is 18.9 Å². The minimum Gasteiger partial charge on any atom is -0.493 e. The maximum absolute atomic E-state index is 15.1. The molecule has 3 aromatic carbocycles. The molecule has 13 heteroatoms. The highest BCUT2D eigenvalue weighted by molar-refractivity contribution is 7.92. The van der Waals surface area contributed by atoms with Crippen LogP contribution in [0.3, 0.4) is 0 Å². The van der Waals surface area contributed by atoms with Crippen LogP contribution in [-0.2, 0) is 10.0 Å². The number of hydrogen-bond donors (Lipinski definition) is 1. The number of aromatic nitrogens is 1. The quantitative estimate of drug-likeness (QED) is 0.208. The van der Waals surface area contributed by atoms with Crippen LogP contribution in [0.25, 0.3) is 10.9 Å². The van der Waals surface area contributed by atoms with Crippen LogP contribution in [-0.4, -0.2) is 76.7 Å². The van der Waals surface area contributed by atoms with Gasteiger partial charge in [0, 0.05) is 61.5 Å². The van der Waals surface area contributed by atoms with Gasteiger partial charge in [0.2, 0.25) is 0 Å². The summed E-state index contributed by atoms with van der Waals surface area (Å²) in [6.07, 6.45) is 2.39. The number of likely N-dealkylation sites (N-methyl/N-ethyl adjacent to an activating group) is 1. The van der Waals surface area contributed by atoms with E-state index in [0.717, 1.165) is 57.3 Å². The molecule has 4 aromatic rings. The lowest BCUT2D eigenvalue weighted by molar-refractivity contribution is 0.145. The third-order valence-corrected chi connectivity index (χ3v) is 8.70. The van der Waals surface area contributed by atoms with Crippen molar-refractivity contribution in [2.75, 3.05) is 58.2 Å². The van der Waals surface area contributed by atoms with Crippen LogP contribution in [0.15, 0.2) is 65.7 Å². The molecule has 1 aliphatic heterocycles. The van der Waals surface area contributed by atoms with Gasteiger partial charge in [-0.05, 0) is 55.9 Å². The lowest BCUT2D eigenvalue weighted by Crippen LogP contribution is -2.44. The predicted molar refractivity (Wildman–Crippen MR) is 161 cm³/mol. The van der Waals surface area contributed by atoms with Crippen LogP contribution in [0, 0.1) is 11.6 Å². The summed E-state index contributed by atoms with van der Waals surface area (Å²) in [6.45, 7) is 5.68. The second-order valence-electron chi connectivity index (χ2n) is 10.1. The first-order valence-electron chi connectivity index (χ1n) is 13.6. The summed E-state index contributed by atoms with van der Waals surface area (Å²) in [4.78, 5) is 8.53. The Hall–Kier alpha value is -3.71. The molecule has 5 rings (SSSR count). The summed E-state index contributed by atoms with van der Waals surface area (Å²) in [5, 5.41) is 0.609. The van der Waals surface area contributed by atoms with Crippen molar-refractivity contribution in [3.63, 3.8) is 0 Å². The highest BCUT2D eigenvalue weighted by Gasteiger charge is 2.21. The molecule has 0 radical (unpaired) electrons. The third-order valence-electron chi connectivity index (χ3n) is 7.05. The van der Waals surface area contributed by atoms with Crippen molar-refractivity contribution < 1.29 is 31.4 Å². The molecule has 1 aliphatic rings. The van der Waals surface area contributed by atoms with Gasteiger partial charge < -0.3 is 24.0 Å². The minimum absolute atomic E-state index is 0.0470. The molecule has 0 amide bonds.